The summed E-state index contributed by atoms with van der Waals surface area (Å²) < 4.78 is 132. The Balaban J connectivity index is -0.000000196. The van der Waals surface area contributed by atoms with Gasteiger partial charge >= 0.3 is 17.9 Å². The fourth-order valence-electron chi connectivity index (χ4n) is 6.00. The van der Waals surface area contributed by atoms with Crippen LogP contribution >= 0.6 is 113 Å². The van der Waals surface area contributed by atoms with Crippen LogP contribution in [0, 0.1) is 68.7 Å². The van der Waals surface area contributed by atoms with E-state index in [1.54, 1.807) is 30.3 Å². The van der Waals surface area contributed by atoms with Crippen LogP contribution in [0.15, 0.2) is 144 Å². The standard InChI is InChI=1S/C13H17FINOS.C11H13FINOS.C8H6FIO2.C8H8FNO2.C7H6FIO.C7H4FIO.C7H4FNO4.7CH4/c1-5-12(16-18(17)13(2,3)4)9-6-10(14)8-11(15)7-9;1-11(2,3)16(15)14-7-8-4-9(12)6-10(13)5-8;2*1-12-8(11)5-2-6(9)4-7(10)3-5;2*8-6-1-5(4-10)2-7(9)3-6;8-5-1-4(7(10)11)2-6(3-5)9(12)13;;;;;;;/h5-8,12,16H,1H2,2-4H3;4-7H,1-3H3;2-4H,1H3;2-4H,10H2,1H3;1-3,10H,4H2;1-4H;1-3H,(H,10,11);7*1H4/t12-,18-;16-;;;;;;;;;;;;/m11............/s1. The molecule has 0 unspecified atom stereocenters. The summed E-state index contributed by atoms with van der Waals surface area (Å²) in [5.74, 6) is -5.70. The number of halogens is 12. The van der Waals surface area contributed by atoms with Gasteiger partial charge in [0.15, 0.2) is 0 Å². The van der Waals surface area contributed by atoms with Crippen molar-refractivity contribution in [1.29, 1.82) is 0 Å². The van der Waals surface area contributed by atoms with Gasteiger partial charge in [-0.1, -0.05) is 58.1 Å². The fourth-order valence-corrected chi connectivity index (χ4v) is 10.7. The Bertz CT molecular complexity index is 3540. The maximum atomic E-state index is 13.4. The van der Waals surface area contributed by atoms with Crippen LogP contribution in [0.5, 0.6) is 0 Å². The number of carbonyl (C=O) groups excluding carboxylic acids is 3. The van der Waals surface area contributed by atoms with E-state index in [9.17, 15) is 68.4 Å². The molecule has 0 aliphatic heterocycles. The molecule has 30 heteroatoms. The average molecular weight is 1980 g/mol. The molecule has 0 bridgehead atoms. The van der Waals surface area contributed by atoms with Crippen LogP contribution in [-0.4, -0.2) is 77.7 Å². The summed E-state index contributed by atoms with van der Waals surface area (Å²) in [7, 11) is -0.0440. The van der Waals surface area contributed by atoms with Gasteiger partial charge < -0.3 is 25.4 Å². The highest BCUT2D eigenvalue weighted by molar-refractivity contribution is 14.1. The number of nitro groups is 1. The molecule has 16 nitrogen and oxygen atoms in total. The number of aldehydes is 1. The lowest BCUT2D eigenvalue weighted by molar-refractivity contribution is -0.385. The number of nitrogen functional groups attached to an aromatic ring is 1. The Labute approximate surface area is 645 Å². The van der Waals surface area contributed by atoms with Crippen molar-refractivity contribution in [3.8, 4) is 0 Å². The molecule has 0 saturated heterocycles. The third-order valence-corrected chi connectivity index (χ3v) is 16.1. The number of hydrogen-bond donors (Lipinski definition) is 4. The number of nitrogens with zero attached hydrogens (tertiary/aromatic N) is 2. The van der Waals surface area contributed by atoms with Gasteiger partial charge in [-0.15, -0.1) is 6.58 Å². The van der Waals surface area contributed by atoms with E-state index < -0.39 is 78.3 Å². The molecule has 0 fully saturated rings. The van der Waals surface area contributed by atoms with Gasteiger partial charge in [0.2, 0.25) is 0 Å². The number of nitrogens with one attached hydrogen (secondary N) is 1. The van der Waals surface area contributed by atoms with E-state index in [2.05, 4.69) is 47.8 Å². The van der Waals surface area contributed by atoms with Gasteiger partial charge in [0.1, 0.15) is 58.0 Å². The molecule has 0 spiro atoms. The van der Waals surface area contributed by atoms with E-state index in [-0.39, 0.29) is 109 Å². The number of ether oxygens (including phenoxy) is 2. The maximum absolute atomic E-state index is 13.4. The number of carboxylic acid groups (broad SMARTS) is 1. The number of esters is 2. The van der Waals surface area contributed by atoms with Crippen LogP contribution in [-0.2, 0) is 38.1 Å². The number of nitro benzene ring substituents is 1. The van der Waals surface area contributed by atoms with Crippen molar-refractivity contribution in [2.24, 2.45) is 4.40 Å². The van der Waals surface area contributed by atoms with Gasteiger partial charge in [-0.05, 0) is 286 Å². The Kier molecular flexibility index (Phi) is 56.9. The lowest BCUT2D eigenvalue weighted by Gasteiger charge is -2.22. The molecule has 7 aromatic rings. The Hall–Kier alpha value is -5.39. The summed E-state index contributed by atoms with van der Waals surface area (Å²) in [6.45, 7) is 14.8. The number of carboxylic acids is 1. The number of rotatable bonds is 12. The quantitative estimate of drug-likeness (QED) is 0.0102. The number of nitrogens with two attached hydrogens (primary N) is 1. The molecule has 3 atom stereocenters. The highest BCUT2D eigenvalue weighted by Gasteiger charge is 2.23. The lowest BCUT2D eigenvalue weighted by atomic mass is 10.1. The molecule has 0 saturated carbocycles. The van der Waals surface area contributed by atoms with E-state index in [4.69, 9.17) is 15.9 Å². The van der Waals surface area contributed by atoms with Crippen molar-refractivity contribution in [2.45, 2.75) is 116 Å². The van der Waals surface area contributed by atoms with Crippen molar-refractivity contribution in [3.05, 3.63) is 248 Å². The maximum Gasteiger partial charge on any atom is 0.338 e. The van der Waals surface area contributed by atoms with Gasteiger partial charge in [0.25, 0.3) is 5.69 Å². The molecule has 0 aliphatic carbocycles. The molecule has 0 aromatic heterocycles. The lowest BCUT2D eigenvalue weighted by Crippen LogP contribution is -2.35. The second-order valence-corrected chi connectivity index (χ2v) is 29.8. The summed E-state index contributed by atoms with van der Waals surface area (Å²) in [5.41, 5.74) is 7.21. The SMILES string of the molecule is C.C.C.C.C.C.C.C=C[C@@H](N[S@](=O)C(C)(C)C)c1cc(F)cc(I)c1.CC(C)(C)[S@@](=O)N=Cc1cc(F)cc(I)c1.COC(=O)c1cc(F)cc(I)c1.COC(=O)c1cc(N)cc(F)c1.O=C(O)c1cc(F)cc([N+](=O)[O-])c1.O=Cc1cc(F)cc(I)c1.OCc1cc(F)cc(I)c1. The first-order valence-electron chi connectivity index (χ1n) is 25.3. The van der Waals surface area contributed by atoms with Crippen molar-refractivity contribution in [1.82, 2.24) is 4.72 Å². The largest absolute Gasteiger partial charge is 0.478 e. The molecule has 5 N–H and O–H groups in total. The first-order chi connectivity index (χ1) is 42.2. The van der Waals surface area contributed by atoms with E-state index in [0.29, 0.717) is 32.6 Å². The summed E-state index contributed by atoms with van der Waals surface area (Å²) in [6.07, 6.45) is 3.71. The minimum absolute atomic E-state index is 0. The molecule has 7 rings (SSSR count). The third kappa shape index (κ3) is 43.3. The van der Waals surface area contributed by atoms with Gasteiger partial charge in [0, 0.05) is 41.4 Å². The number of non-ortho nitro benzene ring substituents is 1. The van der Waals surface area contributed by atoms with Crippen LogP contribution in [0.1, 0.15) is 158 Å². The van der Waals surface area contributed by atoms with Crippen molar-refractivity contribution >= 4 is 177 Å². The zero-order valence-corrected chi connectivity index (χ0v) is 61.6. The van der Waals surface area contributed by atoms with Crippen molar-refractivity contribution in [3.63, 3.8) is 0 Å². The zero-order valence-electron chi connectivity index (χ0n) is 49.1. The Morgan fingerprint density at radius 2 is 0.969 bits per heavy atom. The Morgan fingerprint density at radius 3 is 1.35 bits per heavy atom. The molecular weight excluding hydrogens is 1900 g/mol. The topological polar surface area (TPSA) is 255 Å². The van der Waals surface area contributed by atoms with Gasteiger partial charge in [-0.3, -0.25) is 14.9 Å². The number of aromatic carboxylic acids is 1. The van der Waals surface area contributed by atoms with Crippen molar-refractivity contribution < 1.29 is 82.9 Å². The summed E-state index contributed by atoms with van der Waals surface area (Å²) in [6, 6.07) is 27.4. The number of anilines is 1. The van der Waals surface area contributed by atoms with E-state index in [0.717, 1.165) is 50.2 Å². The van der Waals surface area contributed by atoms with Gasteiger partial charge in [-0.2, -0.15) is 4.40 Å². The molecule has 0 radical (unpaired) electrons. The third-order valence-electron chi connectivity index (χ3n) is 10.1. The van der Waals surface area contributed by atoms with E-state index in [1.807, 2.05) is 138 Å². The van der Waals surface area contributed by atoms with E-state index >= 15 is 0 Å². The van der Waals surface area contributed by atoms with Crippen LogP contribution in [0.2, 0.25) is 0 Å². The molecule has 7 aromatic carbocycles. The van der Waals surface area contributed by atoms with Crippen LogP contribution < -0.4 is 10.5 Å². The minimum atomic E-state index is -1.40. The van der Waals surface area contributed by atoms with Crippen LogP contribution in [0.4, 0.5) is 42.1 Å². The molecular formula is C68H86F7I5N4O12S2. The van der Waals surface area contributed by atoms with Gasteiger partial charge in [-0.25, -0.2) is 58.3 Å². The monoisotopic (exact) mass is 1980 g/mol. The van der Waals surface area contributed by atoms with Crippen molar-refractivity contribution in [2.75, 3.05) is 20.0 Å². The minimum Gasteiger partial charge on any atom is -0.478 e. The summed E-state index contributed by atoms with van der Waals surface area (Å²) >= 11 is 9.97. The number of benzene rings is 7. The molecule has 0 aliphatic rings. The smallest absolute Gasteiger partial charge is 0.338 e. The first kappa shape index (κ1) is 106. The van der Waals surface area contributed by atoms with Gasteiger partial charge in [0.05, 0.1) is 75.0 Å². The molecule has 0 amide bonds. The number of aliphatic hydroxyl groups excluding tert-OH is 1. The van der Waals surface area contributed by atoms with E-state index in [1.165, 1.54) is 81.1 Å². The number of aliphatic hydroxyl groups is 1. The first-order valence-corrected chi connectivity index (χ1v) is 32.9. The normalized spacial score (nSPS) is 10.7. The highest BCUT2D eigenvalue weighted by atomic mass is 127. The average Bonchev–Trinajstić information content (AvgIpc) is 0.916. The second kappa shape index (κ2) is 52.6. The molecule has 546 valence electrons. The van der Waals surface area contributed by atoms with Crippen LogP contribution in [0.25, 0.3) is 0 Å². The number of hydrogen-bond acceptors (Lipinski definition) is 12. The fraction of sp³-hybridized carbons (Fsp3) is 0.279. The predicted molar refractivity (Wildman–Crippen MR) is 427 cm³/mol. The summed E-state index contributed by atoms with van der Waals surface area (Å²) in [4.78, 5) is 51.6. The zero-order chi connectivity index (χ0) is 69.7. The number of carbonyl (C=O) groups is 4. The summed E-state index contributed by atoms with van der Waals surface area (Å²) in [5, 5.41) is 27.2. The molecule has 0 heterocycles. The second-order valence-electron chi connectivity index (χ2n) is 19.6. The Morgan fingerprint density at radius 1 is 0.582 bits per heavy atom. The number of methoxy groups -OCH3 is 2. The predicted octanol–water partition coefficient (Wildman–Crippen LogP) is 20.5. The van der Waals surface area contributed by atoms with Crippen LogP contribution in [0.3, 0.4) is 0 Å². The molecule has 98 heavy (non-hydrogen) atoms. The highest BCUT2D eigenvalue weighted by Crippen LogP contribution is 2.23.